The van der Waals surface area contributed by atoms with E-state index in [2.05, 4.69) is 38.1 Å². The van der Waals surface area contributed by atoms with E-state index >= 15 is 0 Å². The van der Waals surface area contributed by atoms with Crippen molar-refractivity contribution >= 4 is 8.60 Å². The molecule has 0 amide bonds. The van der Waals surface area contributed by atoms with Crippen molar-refractivity contribution < 1.29 is 14.3 Å². The zero-order valence-corrected chi connectivity index (χ0v) is 13.3. The van der Waals surface area contributed by atoms with Crippen LogP contribution in [0.4, 0.5) is 0 Å². The van der Waals surface area contributed by atoms with Gasteiger partial charge in [0.2, 0.25) is 0 Å². The molecule has 0 heterocycles. The molecule has 0 aliphatic carbocycles. The molecule has 112 valence electrons. The van der Waals surface area contributed by atoms with Gasteiger partial charge in [-0.05, 0) is 42.5 Å². The van der Waals surface area contributed by atoms with Gasteiger partial charge in [0.25, 0.3) is 0 Å². The minimum Gasteiger partial charge on any atom is -0.328 e. The van der Waals surface area contributed by atoms with Crippen LogP contribution in [-0.4, -0.2) is 16.4 Å². The molecule has 0 radical (unpaired) electrons. The molecule has 2 aromatic carbocycles. The van der Waals surface area contributed by atoms with Crippen LogP contribution in [0.5, 0.6) is 0 Å². The summed E-state index contributed by atoms with van der Waals surface area (Å²) < 4.78 is 4.97. The average molecular weight is 304 g/mol. The van der Waals surface area contributed by atoms with Gasteiger partial charge in [0, 0.05) is 5.92 Å². The van der Waals surface area contributed by atoms with Crippen LogP contribution in [0.1, 0.15) is 34.6 Å². The number of hydrogen-bond donors (Lipinski definition) is 2. The molecule has 0 aliphatic heterocycles. The van der Waals surface area contributed by atoms with Crippen LogP contribution in [0.3, 0.4) is 0 Å². The first-order valence-corrected chi connectivity index (χ1v) is 8.18. The minimum atomic E-state index is -2.28. The van der Waals surface area contributed by atoms with Crippen molar-refractivity contribution in [3.8, 4) is 0 Å². The lowest BCUT2D eigenvalue weighted by Crippen LogP contribution is -2.08. The predicted octanol–water partition coefficient (Wildman–Crippen LogP) is 4.05. The molecule has 4 heteroatoms. The van der Waals surface area contributed by atoms with Crippen molar-refractivity contribution in [2.24, 2.45) is 0 Å². The molecule has 0 saturated carbocycles. The van der Waals surface area contributed by atoms with Crippen molar-refractivity contribution in [3.63, 3.8) is 0 Å². The quantitative estimate of drug-likeness (QED) is 0.791. The molecule has 21 heavy (non-hydrogen) atoms. The second-order valence-electron chi connectivity index (χ2n) is 5.14. The zero-order chi connectivity index (χ0) is 15.2. The Balaban J connectivity index is 2.31. The smallest absolute Gasteiger partial charge is 0.327 e. The molecule has 0 aromatic heterocycles. The standard InChI is InChI=1S/C17H21O3P/c1-13-7-3-5-9-15(13)17(11-12-20-21(18)19)16-10-6-4-8-14(16)2/h3-10,17-19H,11-12H2,1-2H3. The molecule has 2 rings (SSSR count). The summed E-state index contributed by atoms with van der Waals surface area (Å²) in [5.74, 6) is 0.197. The summed E-state index contributed by atoms with van der Waals surface area (Å²) in [5.41, 5.74) is 4.99. The van der Waals surface area contributed by atoms with Crippen LogP contribution < -0.4 is 0 Å². The first kappa shape index (κ1) is 16.1. The van der Waals surface area contributed by atoms with Gasteiger partial charge in [0.05, 0.1) is 6.61 Å². The summed E-state index contributed by atoms with van der Waals surface area (Å²) in [7, 11) is -2.28. The maximum Gasteiger partial charge on any atom is 0.327 e. The van der Waals surface area contributed by atoms with E-state index in [1.165, 1.54) is 22.3 Å². The van der Waals surface area contributed by atoms with Crippen LogP contribution in [-0.2, 0) is 4.52 Å². The molecule has 0 saturated heterocycles. The van der Waals surface area contributed by atoms with Gasteiger partial charge < -0.3 is 14.3 Å². The van der Waals surface area contributed by atoms with E-state index in [0.29, 0.717) is 6.61 Å². The molecule has 0 unspecified atom stereocenters. The van der Waals surface area contributed by atoms with Crippen molar-refractivity contribution in [2.45, 2.75) is 26.2 Å². The fourth-order valence-corrected chi connectivity index (χ4v) is 2.95. The average Bonchev–Trinajstić information content (AvgIpc) is 2.45. The van der Waals surface area contributed by atoms with Crippen molar-refractivity contribution in [1.82, 2.24) is 0 Å². The number of aryl methyl sites for hydroxylation is 2. The predicted molar refractivity (Wildman–Crippen MR) is 86.1 cm³/mol. The van der Waals surface area contributed by atoms with E-state index in [-0.39, 0.29) is 5.92 Å². The highest BCUT2D eigenvalue weighted by molar-refractivity contribution is 7.39. The lowest BCUT2D eigenvalue weighted by atomic mass is 9.84. The fraction of sp³-hybridized carbons (Fsp3) is 0.294. The molecule has 0 fully saturated rings. The van der Waals surface area contributed by atoms with Crippen molar-refractivity contribution in [1.29, 1.82) is 0 Å². The molecular formula is C17H21O3P. The number of rotatable bonds is 6. The van der Waals surface area contributed by atoms with Crippen LogP contribution in [0.25, 0.3) is 0 Å². The highest BCUT2D eigenvalue weighted by atomic mass is 31.2. The SMILES string of the molecule is Cc1ccccc1C(CCOP(O)O)c1ccccc1C. The molecule has 0 aliphatic rings. The van der Waals surface area contributed by atoms with Crippen LogP contribution in [0.15, 0.2) is 48.5 Å². The van der Waals surface area contributed by atoms with Crippen molar-refractivity contribution in [2.75, 3.05) is 6.61 Å². The normalized spacial score (nSPS) is 11.3. The van der Waals surface area contributed by atoms with Crippen molar-refractivity contribution in [3.05, 3.63) is 70.8 Å². The number of benzene rings is 2. The molecule has 3 nitrogen and oxygen atoms in total. The molecule has 0 bridgehead atoms. The Morgan fingerprint density at radius 2 is 1.38 bits per heavy atom. The Morgan fingerprint density at radius 3 is 1.81 bits per heavy atom. The summed E-state index contributed by atoms with van der Waals surface area (Å²) in [4.78, 5) is 17.8. The molecule has 0 spiro atoms. The van der Waals surface area contributed by atoms with Crippen LogP contribution in [0, 0.1) is 13.8 Å². The summed E-state index contributed by atoms with van der Waals surface area (Å²) in [6.45, 7) is 4.53. The maximum absolute atomic E-state index is 8.91. The third-order valence-electron chi connectivity index (χ3n) is 3.74. The summed E-state index contributed by atoms with van der Waals surface area (Å²) in [6, 6.07) is 16.6. The Kier molecular flexibility index (Phi) is 5.89. The van der Waals surface area contributed by atoms with Gasteiger partial charge in [-0.3, -0.25) is 0 Å². The highest BCUT2D eigenvalue weighted by Gasteiger charge is 2.18. The van der Waals surface area contributed by atoms with Gasteiger partial charge in [-0.1, -0.05) is 48.5 Å². The van der Waals surface area contributed by atoms with E-state index in [1.807, 2.05) is 24.3 Å². The van der Waals surface area contributed by atoms with E-state index in [1.54, 1.807) is 0 Å². The Bertz CT molecular complexity index is 538. The van der Waals surface area contributed by atoms with Gasteiger partial charge in [-0.25, -0.2) is 0 Å². The molecular weight excluding hydrogens is 283 g/mol. The third kappa shape index (κ3) is 4.36. The summed E-state index contributed by atoms with van der Waals surface area (Å²) >= 11 is 0. The maximum atomic E-state index is 8.91. The van der Waals surface area contributed by atoms with E-state index in [0.717, 1.165) is 6.42 Å². The van der Waals surface area contributed by atoms with E-state index in [4.69, 9.17) is 14.3 Å². The van der Waals surface area contributed by atoms with E-state index in [9.17, 15) is 0 Å². The van der Waals surface area contributed by atoms with Gasteiger partial charge in [0.1, 0.15) is 0 Å². The first-order valence-electron chi connectivity index (χ1n) is 7.01. The minimum absolute atomic E-state index is 0.197. The zero-order valence-electron chi connectivity index (χ0n) is 12.4. The molecule has 2 aromatic rings. The van der Waals surface area contributed by atoms with Crippen LogP contribution in [0.2, 0.25) is 0 Å². The fourth-order valence-electron chi connectivity index (χ4n) is 2.69. The first-order chi connectivity index (χ1) is 10.1. The highest BCUT2D eigenvalue weighted by Crippen LogP contribution is 2.34. The summed E-state index contributed by atoms with van der Waals surface area (Å²) in [5, 5.41) is 0. The van der Waals surface area contributed by atoms with E-state index < -0.39 is 8.60 Å². The molecule has 2 N–H and O–H groups in total. The Morgan fingerprint density at radius 1 is 0.905 bits per heavy atom. The largest absolute Gasteiger partial charge is 0.328 e. The summed E-state index contributed by atoms with van der Waals surface area (Å²) in [6.07, 6.45) is 0.718. The van der Waals surface area contributed by atoms with Crippen LogP contribution >= 0.6 is 8.60 Å². The third-order valence-corrected chi connectivity index (χ3v) is 4.15. The van der Waals surface area contributed by atoms with Gasteiger partial charge >= 0.3 is 8.60 Å². The second-order valence-corrected chi connectivity index (χ2v) is 5.90. The Labute approximate surface area is 127 Å². The lowest BCUT2D eigenvalue weighted by molar-refractivity contribution is 0.248. The Hall–Kier alpha value is -1.25. The van der Waals surface area contributed by atoms with Gasteiger partial charge in [-0.15, -0.1) is 0 Å². The topological polar surface area (TPSA) is 49.7 Å². The molecule has 0 atom stereocenters. The van der Waals surface area contributed by atoms with Gasteiger partial charge in [0.15, 0.2) is 0 Å². The second kappa shape index (κ2) is 7.67. The lowest BCUT2D eigenvalue weighted by Gasteiger charge is -2.22. The van der Waals surface area contributed by atoms with Gasteiger partial charge in [-0.2, -0.15) is 0 Å². The monoisotopic (exact) mass is 304 g/mol. The number of hydrogen-bond acceptors (Lipinski definition) is 3.